The minimum Gasteiger partial charge on any atom is -0.454 e. The Hall–Kier alpha value is 1.51. The molecule has 0 unspecified atom stereocenters. The van der Waals surface area contributed by atoms with E-state index >= 15 is 0 Å². The smallest absolute Gasteiger partial charge is 0.454 e. The van der Waals surface area contributed by atoms with Gasteiger partial charge in [0.1, 0.15) is 0 Å². The van der Waals surface area contributed by atoms with E-state index in [1.807, 2.05) is 0 Å². The molecule has 1 aliphatic carbocycles. The van der Waals surface area contributed by atoms with Gasteiger partial charge in [-0.3, -0.25) is 6.08 Å². The molecule has 0 N–H and O–H groups in total. The Morgan fingerprint density at radius 3 is 2.14 bits per heavy atom. The number of hydrogen-bond acceptors (Lipinski definition) is 1. The van der Waals surface area contributed by atoms with Crippen LogP contribution in [0.4, 0.5) is 0 Å². The van der Waals surface area contributed by atoms with Crippen molar-refractivity contribution in [2.45, 2.75) is 39.2 Å². The second kappa shape index (κ2) is 5.72. The van der Waals surface area contributed by atoms with Crippen LogP contribution in [-0.2, 0) is 4.12 Å². The van der Waals surface area contributed by atoms with Crippen LogP contribution in [0.3, 0.4) is 0 Å². The van der Waals surface area contributed by atoms with Gasteiger partial charge in [-0.25, -0.2) is 11.3 Å². The van der Waals surface area contributed by atoms with Crippen molar-refractivity contribution in [1.29, 1.82) is 0 Å². The first-order valence-electron chi connectivity index (χ1n) is 4.79. The summed E-state index contributed by atoms with van der Waals surface area (Å²) in [5, 5.41) is 1.34. The number of hydrogen-bond donors (Lipinski definition) is 0. The molecule has 0 saturated carbocycles. The maximum atomic E-state index is 6.24. The van der Waals surface area contributed by atoms with Gasteiger partial charge in [0.2, 0.25) is 0 Å². The van der Waals surface area contributed by atoms with Gasteiger partial charge < -0.3 is 4.12 Å². The topological polar surface area (TPSA) is 9.23 Å². The molecule has 0 saturated heterocycles. The molecule has 0 aromatic carbocycles. The van der Waals surface area contributed by atoms with Gasteiger partial charge >= 0.3 is 51.4 Å². The molecule has 0 fully saturated rings. The van der Waals surface area contributed by atoms with Gasteiger partial charge in [-0.2, -0.15) is 6.08 Å². The van der Waals surface area contributed by atoms with Crippen LogP contribution in [-0.4, -0.2) is 16.6 Å². The minimum atomic E-state index is -1.63. The predicted molar refractivity (Wildman–Crippen MR) is 62.4 cm³/mol. The van der Waals surface area contributed by atoms with Gasteiger partial charge in [0, 0.05) is 0 Å². The predicted octanol–water partition coefficient (Wildman–Crippen LogP) is 0.276. The molecule has 4 heteroatoms. The molecule has 1 rings (SSSR count). The summed E-state index contributed by atoms with van der Waals surface area (Å²) in [5.74, 6) is 0. The largest absolute Gasteiger partial charge is 1.00 e. The Balaban J connectivity index is 0.00000169. The van der Waals surface area contributed by atoms with Crippen LogP contribution in [0.5, 0.6) is 0 Å². The third-order valence-corrected chi connectivity index (χ3v) is 8.04. The first-order chi connectivity index (χ1) is 5.81. The normalized spacial score (nSPS) is 16.5. The summed E-state index contributed by atoms with van der Waals surface area (Å²) in [6.07, 6.45) is 8.71. The van der Waals surface area contributed by atoms with E-state index in [-0.39, 0.29) is 51.4 Å². The van der Waals surface area contributed by atoms with Crippen molar-refractivity contribution in [2.24, 2.45) is 0 Å². The fourth-order valence-corrected chi connectivity index (χ4v) is 9.25. The molecule has 0 spiro atoms. The minimum absolute atomic E-state index is 0. The standard InChI is InChI=1S/C10H19OSi2.K/c1-12(2,3)11-13(4,5)10-8-6-7-9-10;/h6,8H,7H2,1-5H3;/q-1;+1. The Kier molecular flexibility index (Phi) is 6.34. The summed E-state index contributed by atoms with van der Waals surface area (Å²) in [6, 6.07) is 0. The molecule has 0 bridgehead atoms. The third kappa shape index (κ3) is 5.03. The van der Waals surface area contributed by atoms with Gasteiger partial charge in [-0.1, -0.05) is 0 Å². The van der Waals surface area contributed by atoms with E-state index in [0.717, 1.165) is 6.42 Å². The zero-order chi connectivity index (χ0) is 10.1. The van der Waals surface area contributed by atoms with Crippen LogP contribution >= 0.6 is 0 Å². The van der Waals surface area contributed by atoms with Crippen molar-refractivity contribution in [3.63, 3.8) is 0 Å². The second-order valence-electron chi connectivity index (χ2n) is 4.92. The van der Waals surface area contributed by atoms with E-state index in [9.17, 15) is 0 Å². The molecular formula is C10H19KOSi2. The first kappa shape index (κ1) is 15.5. The van der Waals surface area contributed by atoms with Crippen LogP contribution in [0.1, 0.15) is 6.42 Å². The molecule has 0 radical (unpaired) electrons. The second-order valence-corrected chi connectivity index (χ2v) is 13.5. The maximum Gasteiger partial charge on any atom is 1.00 e. The average Bonchev–Trinajstić information content (AvgIpc) is 2.29. The summed E-state index contributed by atoms with van der Waals surface area (Å²) in [6.45, 7) is 11.3. The van der Waals surface area contributed by atoms with Crippen LogP contribution in [0.15, 0.2) is 17.3 Å². The molecular weight excluding hydrogens is 231 g/mol. The van der Waals surface area contributed by atoms with Gasteiger partial charge in [0.15, 0.2) is 16.6 Å². The zero-order valence-corrected chi connectivity index (χ0v) is 15.4. The Morgan fingerprint density at radius 2 is 1.79 bits per heavy atom. The molecule has 0 aromatic rings. The third-order valence-electron chi connectivity index (χ3n) is 1.90. The summed E-state index contributed by atoms with van der Waals surface area (Å²) in [4.78, 5) is 0. The van der Waals surface area contributed by atoms with Crippen molar-refractivity contribution < 1.29 is 55.5 Å². The van der Waals surface area contributed by atoms with Gasteiger partial charge in [-0.15, -0.1) is 6.42 Å². The zero-order valence-electron chi connectivity index (χ0n) is 10.3. The SMILES string of the molecule is C[Si](C)(C)O[Si](C)(C)C1=[C-]CC=C1.[K+]. The molecule has 0 atom stereocenters. The maximum absolute atomic E-state index is 6.24. The molecule has 0 aromatic heterocycles. The Bertz CT molecular complexity index is 251. The van der Waals surface area contributed by atoms with Crippen LogP contribution in [0, 0.1) is 6.08 Å². The van der Waals surface area contributed by atoms with Crippen molar-refractivity contribution in [3.05, 3.63) is 23.4 Å². The average molecular weight is 251 g/mol. The van der Waals surface area contributed by atoms with E-state index in [0.29, 0.717) is 0 Å². The van der Waals surface area contributed by atoms with Gasteiger partial charge in [-0.05, 0) is 32.7 Å². The van der Waals surface area contributed by atoms with Crippen LogP contribution < -0.4 is 51.4 Å². The van der Waals surface area contributed by atoms with E-state index in [4.69, 9.17) is 4.12 Å². The van der Waals surface area contributed by atoms with Crippen LogP contribution in [0.2, 0.25) is 32.7 Å². The van der Waals surface area contributed by atoms with E-state index < -0.39 is 16.6 Å². The van der Waals surface area contributed by atoms with Crippen molar-refractivity contribution in [2.75, 3.05) is 0 Å². The molecule has 14 heavy (non-hydrogen) atoms. The van der Waals surface area contributed by atoms with Gasteiger partial charge in [0.05, 0.1) is 0 Å². The van der Waals surface area contributed by atoms with Crippen LogP contribution in [0.25, 0.3) is 0 Å². The van der Waals surface area contributed by atoms with E-state index in [2.05, 4.69) is 51.0 Å². The van der Waals surface area contributed by atoms with Gasteiger partial charge in [0.25, 0.3) is 0 Å². The summed E-state index contributed by atoms with van der Waals surface area (Å²) in [5.41, 5.74) is 0. The Labute approximate surface area is 133 Å². The number of allylic oxidation sites excluding steroid dienone is 4. The van der Waals surface area contributed by atoms with Crippen molar-refractivity contribution >= 4 is 16.6 Å². The fourth-order valence-electron chi connectivity index (χ4n) is 1.64. The monoisotopic (exact) mass is 250 g/mol. The van der Waals surface area contributed by atoms with E-state index in [1.54, 1.807) is 0 Å². The molecule has 74 valence electrons. The molecule has 0 heterocycles. The van der Waals surface area contributed by atoms with Crippen molar-refractivity contribution in [1.82, 2.24) is 0 Å². The summed E-state index contributed by atoms with van der Waals surface area (Å²) in [7, 11) is -3.02. The Morgan fingerprint density at radius 1 is 1.21 bits per heavy atom. The molecule has 0 aliphatic heterocycles. The van der Waals surface area contributed by atoms with Crippen molar-refractivity contribution in [3.8, 4) is 0 Å². The molecule has 1 nitrogen and oxygen atoms in total. The molecule has 0 amide bonds. The van der Waals surface area contributed by atoms with E-state index in [1.165, 1.54) is 5.20 Å². The summed E-state index contributed by atoms with van der Waals surface area (Å²) < 4.78 is 6.24. The summed E-state index contributed by atoms with van der Waals surface area (Å²) >= 11 is 0. The first-order valence-corrected chi connectivity index (χ1v) is 11.1. The quantitative estimate of drug-likeness (QED) is 0.516. The number of rotatable bonds is 3. The fraction of sp³-hybridized carbons (Fsp3) is 0.600. The molecule has 1 aliphatic rings.